The number of rotatable bonds is 10. The molecule has 0 aliphatic heterocycles. The number of aromatic nitrogens is 1. The highest BCUT2D eigenvalue weighted by atomic mass is 32.2. The topological polar surface area (TPSA) is 69.9 Å². The standard InChI is InChI=1S/C23H26N2O4S3/c1-28-17-7-9-18(10-8-17)31-13-4-5-21(26)24-23-25(12-14-30-3)19-11-6-16(22(27)29-2)15-20(19)32-23/h6-11,15H,4-5,12-14H2,1-3H3. The first-order valence-electron chi connectivity index (χ1n) is 10.1. The Balaban J connectivity index is 1.70. The van der Waals surface area contributed by atoms with Crippen LogP contribution in [0.5, 0.6) is 5.75 Å². The summed E-state index contributed by atoms with van der Waals surface area (Å²) in [5, 5.41) is 0. The van der Waals surface area contributed by atoms with E-state index < -0.39 is 0 Å². The lowest BCUT2D eigenvalue weighted by atomic mass is 10.2. The Labute approximate surface area is 200 Å². The van der Waals surface area contributed by atoms with E-state index in [1.165, 1.54) is 18.4 Å². The van der Waals surface area contributed by atoms with Crippen LogP contribution < -0.4 is 9.54 Å². The maximum atomic E-state index is 12.6. The molecule has 3 aromatic rings. The quantitative estimate of drug-likeness (QED) is 0.230. The second-order valence-electron chi connectivity index (χ2n) is 6.84. The molecule has 3 rings (SSSR count). The predicted octanol–water partition coefficient (Wildman–Crippen LogP) is 4.86. The molecular weight excluding hydrogens is 464 g/mol. The lowest BCUT2D eigenvalue weighted by molar-refractivity contribution is -0.118. The highest BCUT2D eigenvalue weighted by Gasteiger charge is 2.12. The van der Waals surface area contributed by atoms with Gasteiger partial charge in [0.1, 0.15) is 5.75 Å². The lowest BCUT2D eigenvalue weighted by Gasteiger charge is -2.05. The molecule has 170 valence electrons. The molecule has 9 heteroatoms. The van der Waals surface area contributed by atoms with Crippen molar-refractivity contribution < 1.29 is 19.1 Å². The van der Waals surface area contributed by atoms with Crippen LogP contribution in [0.2, 0.25) is 0 Å². The third-order valence-corrected chi connectivity index (χ3v) is 7.44. The highest BCUT2D eigenvalue weighted by Crippen LogP contribution is 2.23. The summed E-state index contributed by atoms with van der Waals surface area (Å²) in [6.45, 7) is 0.748. The number of aryl methyl sites for hydroxylation is 1. The zero-order valence-electron chi connectivity index (χ0n) is 18.3. The number of amides is 1. The first-order valence-corrected chi connectivity index (χ1v) is 13.3. The van der Waals surface area contributed by atoms with Crippen LogP contribution in [0.25, 0.3) is 10.2 Å². The van der Waals surface area contributed by atoms with E-state index in [4.69, 9.17) is 9.47 Å². The fourth-order valence-corrected chi connectivity index (χ4v) is 5.38. The van der Waals surface area contributed by atoms with Gasteiger partial charge in [-0.1, -0.05) is 11.3 Å². The number of thioether (sulfide) groups is 2. The average Bonchev–Trinajstić information content (AvgIpc) is 3.16. The Kier molecular flexibility index (Phi) is 9.25. The van der Waals surface area contributed by atoms with Crippen LogP contribution in [-0.4, -0.2) is 48.4 Å². The molecule has 0 bridgehead atoms. The number of hydrogen-bond donors (Lipinski definition) is 0. The third kappa shape index (κ3) is 6.40. The molecule has 1 aromatic heterocycles. The van der Waals surface area contributed by atoms with Crippen molar-refractivity contribution in [3.8, 4) is 5.75 Å². The number of carbonyl (C=O) groups is 2. The SMILES string of the molecule is COC(=O)c1ccc2c(c1)sc(=NC(=O)CCCSc1ccc(OC)cc1)n2CCSC. The zero-order valence-corrected chi connectivity index (χ0v) is 20.8. The number of thiazole rings is 1. The first kappa shape index (κ1) is 24.4. The molecule has 0 saturated heterocycles. The number of ether oxygens (including phenoxy) is 2. The maximum Gasteiger partial charge on any atom is 0.337 e. The summed E-state index contributed by atoms with van der Waals surface area (Å²) in [6, 6.07) is 13.4. The number of esters is 1. The molecule has 0 fully saturated rings. The van der Waals surface area contributed by atoms with Gasteiger partial charge in [0, 0.05) is 23.6 Å². The average molecular weight is 491 g/mol. The second-order valence-corrected chi connectivity index (χ2v) is 10.00. The van der Waals surface area contributed by atoms with Gasteiger partial charge in [0.15, 0.2) is 4.80 Å². The second kappa shape index (κ2) is 12.1. The normalized spacial score (nSPS) is 11.7. The van der Waals surface area contributed by atoms with Gasteiger partial charge in [0.2, 0.25) is 5.91 Å². The van der Waals surface area contributed by atoms with Crippen molar-refractivity contribution in [1.82, 2.24) is 4.57 Å². The van der Waals surface area contributed by atoms with Crippen molar-refractivity contribution in [2.24, 2.45) is 4.99 Å². The molecule has 1 heterocycles. The predicted molar refractivity (Wildman–Crippen MR) is 133 cm³/mol. The van der Waals surface area contributed by atoms with Gasteiger partial charge in [-0.25, -0.2) is 4.79 Å². The first-order chi connectivity index (χ1) is 15.5. The van der Waals surface area contributed by atoms with Gasteiger partial charge < -0.3 is 14.0 Å². The summed E-state index contributed by atoms with van der Waals surface area (Å²) in [5.41, 5.74) is 1.46. The summed E-state index contributed by atoms with van der Waals surface area (Å²) < 4.78 is 13.0. The van der Waals surface area contributed by atoms with Gasteiger partial charge in [-0.3, -0.25) is 4.79 Å². The Bertz CT molecular complexity index is 1140. The van der Waals surface area contributed by atoms with Crippen LogP contribution in [0.15, 0.2) is 52.4 Å². The minimum Gasteiger partial charge on any atom is -0.497 e. The molecule has 2 aromatic carbocycles. The van der Waals surface area contributed by atoms with Crippen LogP contribution in [0, 0.1) is 0 Å². The van der Waals surface area contributed by atoms with Crippen LogP contribution >= 0.6 is 34.9 Å². The fraction of sp³-hybridized carbons (Fsp3) is 0.348. The third-order valence-electron chi connectivity index (χ3n) is 4.71. The molecule has 0 aliphatic rings. The van der Waals surface area contributed by atoms with E-state index in [0.717, 1.165) is 45.3 Å². The summed E-state index contributed by atoms with van der Waals surface area (Å²) in [4.78, 5) is 30.6. The van der Waals surface area contributed by atoms with E-state index >= 15 is 0 Å². The van der Waals surface area contributed by atoms with Crippen molar-refractivity contribution in [3.63, 3.8) is 0 Å². The van der Waals surface area contributed by atoms with E-state index in [-0.39, 0.29) is 11.9 Å². The number of fused-ring (bicyclic) bond motifs is 1. The molecule has 32 heavy (non-hydrogen) atoms. The molecule has 6 nitrogen and oxygen atoms in total. The highest BCUT2D eigenvalue weighted by molar-refractivity contribution is 7.99. The molecule has 0 aliphatic carbocycles. The Morgan fingerprint density at radius 2 is 1.88 bits per heavy atom. The van der Waals surface area contributed by atoms with Crippen LogP contribution in [0.4, 0.5) is 0 Å². The van der Waals surface area contributed by atoms with Crippen molar-refractivity contribution in [3.05, 3.63) is 52.8 Å². The maximum absolute atomic E-state index is 12.6. The van der Waals surface area contributed by atoms with Gasteiger partial charge in [-0.05, 0) is 60.9 Å². The zero-order chi connectivity index (χ0) is 22.9. The number of methoxy groups -OCH3 is 2. The van der Waals surface area contributed by atoms with Gasteiger partial charge in [-0.15, -0.1) is 11.8 Å². The number of nitrogens with zero attached hydrogens (tertiary/aromatic N) is 2. The van der Waals surface area contributed by atoms with Crippen LogP contribution in [0.3, 0.4) is 0 Å². The molecular formula is C23H26N2O4S3. The van der Waals surface area contributed by atoms with E-state index in [1.54, 1.807) is 42.8 Å². The number of benzene rings is 2. The molecule has 0 spiro atoms. The van der Waals surface area contributed by atoms with Crippen molar-refractivity contribution in [2.45, 2.75) is 24.3 Å². The van der Waals surface area contributed by atoms with Crippen molar-refractivity contribution in [2.75, 3.05) is 32.0 Å². The monoisotopic (exact) mass is 490 g/mol. The van der Waals surface area contributed by atoms with E-state index in [9.17, 15) is 9.59 Å². The minimum atomic E-state index is -0.375. The smallest absolute Gasteiger partial charge is 0.337 e. The molecule has 0 unspecified atom stereocenters. The Morgan fingerprint density at radius 1 is 1.09 bits per heavy atom. The summed E-state index contributed by atoms with van der Waals surface area (Å²) in [5.74, 6) is 2.08. The Hall–Kier alpha value is -2.23. The van der Waals surface area contributed by atoms with Crippen LogP contribution in [0.1, 0.15) is 23.2 Å². The van der Waals surface area contributed by atoms with Crippen LogP contribution in [-0.2, 0) is 16.1 Å². The molecule has 0 saturated carbocycles. The van der Waals surface area contributed by atoms with Gasteiger partial charge >= 0.3 is 5.97 Å². The largest absolute Gasteiger partial charge is 0.497 e. The van der Waals surface area contributed by atoms with Crippen molar-refractivity contribution in [1.29, 1.82) is 0 Å². The fourth-order valence-electron chi connectivity index (χ4n) is 3.05. The lowest BCUT2D eigenvalue weighted by Crippen LogP contribution is -2.18. The van der Waals surface area contributed by atoms with E-state index in [2.05, 4.69) is 9.56 Å². The number of carbonyl (C=O) groups excluding carboxylic acids is 2. The molecule has 1 amide bonds. The van der Waals surface area contributed by atoms with Crippen molar-refractivity contribution >= 4 is 57.0 Å². The summed E-state index contributed by atoms with van der Waals surface area (Å²) >= 11 is 4.88. The molecule has 0 N–H and O–H groups in total. The van der Waals surface area contributed by atoms with Gasteiger partial charge in [0.25, 0.3) is 0 Å². The minimum absolute atomic E-state index is 0.127. The summed E-state index contributed by atoms with van der Waals surface area (Å²) in [6.07, 6.45) is 3.20. The Morgan fingerprint density at radius 3 is 2.56 bits per heavy atom. The van der Waals surface area contributed by atoms with Gasteiger partial charge in [-0.2, -0.15) is 16.8 Å². The van der Waals surface area contributed by atoms with E-state index in [1.807, 2.05) is 36.6 Å². The summed E-state index contributed by atoms with van der Waals surface area (Å²) in [7, 11) is 3.02. The number of hydrogen-bond acceptors (Lipinski definition) is 7. The molecule has 0 radical (unpaired) electrons. The van der Waals surface area contributed by atoms with E-state index in [0.29, 0.717) is 16.8 Å². The molecule has 0 atom stereocenters. The van der Waals surface area contributed by atoms with Gasteiger partial charge in [0.05, 0.1) is 30.0 Å².